The number of sulfonamides is 1. The van der Waals surface area contributed by atoms with Gasteiger partial charge in [0, 0.05) is 12.1 Å². The average Bonchev–Trinajstić information content (AvgIpc) is 2.89. The second-order valence-electron chi connectivity index (χ2n) is 5.65. The number of carbonyl (C=O) groups is 1. The van der Waals surface area contributed by atoms with Crippen molar-refractivity contribution in [1.29, 1.82) is 0 Å². The molecule has 0 unspecified atom stereocenters. The van der Waals surface area contributed by atoms with E-state index in [1.54, 1.807) is 0 Å². The Morgan fingerprint density at radius 3 is 2.50 bits per heavy atom. The fraction of sp³-hybridized carbons (Fsp3) is 0.400. The van der Waals surface area contributed by atoms with Crippen LogP contribution < -0.4 is 14.2 Å². The fourth-order valence-electron chi connectivity index (χ4n) is 2.58. The van der Waals surface area contributed by atoms with Crippen molar-refractivity contribution in [2.75, 3.05) is 25.7 Å². The number of carboxylic acids is 1. The molecule has 9 nitrogen and oxygen atoms in total. The van der Waals surface area contributed by atoms with Crippen LogP contribution in [-0.4, -0.2) is 59.7 Å². The lowest BCUT2D eigenvalue weighted by atomic mass is 10.2. The van der Waals surface area contributed by atoms with Gasteiger partial charge in [-0.3, -0.25) is 0 Å². The number of hydrogen-bond donors (Lipinski definition) is 2. The van der Waals surface area contributed by atoms with Gasteiger partial charge < -0.3 is 14.6 Å². The van der Waals surface area contributed by atoms with Gasteiger partial charge in [-0.05, 0) is 30.2 Å². The van der Waals surface area contributed by atoms with Crippen LogP contribution in [0.5, 0.6) is 11.5 Å². The molecule has 26 heavy (non-hydrogen) atoms. The number of methoxy groups -OCH3 is 2. The summed E-state index contributed by atoms with van der Waals surface area (Å²) in [4.78, 5) is 10.4. The van der Waals surface area contributed by atoms with Crippen molar-refractivity contribution >= 4 is 31.9 Å². The van der Waals surface area contributed by atoms with Crippen molar-refractivity contribution in [1.82, 2.24) is 4.72 Å². The highest BCUT2D eigenvalue weighted by atomic mass is 32.2. The zero-order chi connectivity index (χ0) is 19.5. The Balaban J connectivity index is 2.47. The summed E-state index contributed by atoms with van der Waals surface area (Å²) < 4.78 is 61.2. The van der Waals surface area contributed by atoms with Crippen LogP contribution in [0.3, 0.4) is 0 Å². The molecule has 0 aliphatic carbocycles. The number of sulfone groups is 1. The lowest BCUT2D eigenvalue weighted by molar-refractivity contribution is -0.131. The van der Waals surface area contributed by atoms with Gasteiger partial charge in [-0.15, -0.1) is 0 Å². The molecule has 0 aromatic heterocycles. The molecule has 0 radical (unpaired) electrons. The highest BCUT2D eigenvalue weighted by Gasteiger charge is 2.33. The zero-order valence-electron chi connectivity index (χ0n) is 14.1. The lowest BCUT2D eigenvalue weighted by Gasteiger charge is -2.17. The van der Waals surface area contributed by atoms with E-state index < -0.39 is 31.9 Å². The van der Waals surface area contributed by atoms with Crippen molar-refractivity contribution in [2.24, 2.45) is 0 Å². The molecule has 1 aromatic rings. The molecule has 1 aliphatic rings. The minimum atomic E-state index is -4.13. The van der Waals surface area contributed by atoms with Crippen LogP contribution in [-0.2, 0) is 24.7 Å². The molecule has 1 atom stereocenters. The first-order valence-corrected chi connectivity index (χ1v) is 10.8. The molecule has 1 aromatic carbocycles. The van der Waals surface area contributed by atoms with Gasteiger partial charge in [-0.25, -0.2) is 26.4 Å². The maximum absolute atomic E-state index is 12.8. The summed E-state index contributed by atoms with van der Waals surface area (Å²) in [7, 11) is -4.81. The van der Waals surface area contributed by atoms with Gasteiger partial charge >= 0.3 is 5.97 Å². The standard InChI is InChI=1S/C15H19NO8S2/c1-23-12-7-10(3-4-14(17)18)8-13(15(12)24-2)26(21,22)16-11-5-6-25(19,20)9-11/h3-4,7-8,11,16H,5-6,9H2,1-2H3,(H,17,18)/b4-3+/t11-/m0/s1. The minimum Gasteiger partial charge on any atom is -0.493 e. The number of ether oxygens (including phenoxy) is 2. The first-order chi connectivity index (χ1) is 12.1. The molecule has 1 aliphatic heterocycles. The van der Waals surface area contributed by atoms with E-state index in [-0.39, 0.29) is 39.9 Å². The summed E-state index contributed by atoms with van der Waals surface area (Å²) in [5.74, 6) is -1.52. The Morgan fingerprint density at radius 1 is 1.31 bits per heavy atom. The largest absolute Gasteiger partial charge is 0.493 e. The molecule has 144 valence electrons. The molecular formula is C15H19NO8S2. The molecule has 0 spiro atoms. The third kappa shape index (κ3) is 4.74. The topological polar surface area (TPSA) is 136 Å². The highest BCUT2D eigenvalue weighted by molar-refractivity contribution is 7.92. The van der Waals surface area contributed by atoms with E-state index in [0.717, 1.165) is 6.08 Å². The number of hydrogen-bond acceptors (Lipinski definition) is 7. The van der Waals surface area contributed by atoms with Gasteiger partial charge in [0.05, 0.1) is 25.7 Å². The molecular weight excluding hydrogens is 386 g/mol. The van der Waals surface area contributed by atoms with Crippen molar-refractivity contribution in [3.05, 3.63) is 23.8 Å². The summed E-state index contributed by atoms with van der Waals surface area (Å²) in [5.41, 5.74) is 0.268. The SMILES string of the molecule is COc1cc(/C=C/C(=O)O)cc(S(=O)(=O)N[C@H]2CCS(=O)(=O)C2)c1OC. The van der Waals surface area contributed by atoms with Crippen LogP contribution in [0.15, 0.2) is 23.1 Å². The molecule has 2 rings (SSSR count). The maximum atomic E-state index is 12.8. The van der Waals surface area contributed by atoms with Crippen molar-refractivity contribution in [3.63, 3.8) is 0 Å². The lowest BCUT2D eigenvalue weighted by Crippen LogP contribution is -2.35. The first-order valence-electron chi connectivity index (χ1n) is 7.48. The maximum Gasteiger partial charge on any atom is 0.328 e. The first kappa shape index (κ1) is 20.2. The minimum absolute atomic E-state index is 0.0617. The second kappa shape index (κ2) is 7.64. The van der Waals surface area contributed by atoms with Crippen LogP contribution >= 0.6 is 0 Å². The Morgan fingerprint density at radius 2 is 2.00 bits per heavy atom. The summed E-state index contributed by atoms with van der Waals surface area (Å²) >= 11 is 0. The zero-order valence-corrected chi connectivity index (χ0v) is 15.8. The van der Waals surface area contributed by atoms with E-state index in [4.69, 9.17) is 14.6 Å². The molecule has 0 bridgehead atoms. The van der Waals surface area contributed by atoms with E-state index in [0.29, 0.717) is 0 Å². The van der Waals surface area contributed by atoms with Gasteiger partial charge in [-0.2, -0.15) is 0 Å². The predicted octanol–water partition coefficient (Wildman–Crippen LogP) is 0.267. The van der Waals surface area contributed by atoms with Crippen LogP contribution in [0, 0.1) is 0 Å². The predicted molar refractivity (Wildman–Crippen MR) is 93.6 cm³/mol. The third-order valence-corrected chi connectivity index (χ3v) is 7.02. The van der Waals surface area contributed by atoms with Crippen molar-refractivity contribution in [3.8, 4) is 11.5 Å². The van der Waals surface area contributed by atoms with E-state index in [2.05, 4.69) is 4.72 Å². The highest BCUT2D eigenvalue weighted by Crippen LogP contribution is 2.36. The van der Waals surface area contributed by atoms with E-state index >= 15 is 0 Å². The van der Waals surface area contributed by atoms with E-state index in [9.17, 15) is 21.6 Å². The number of carboxylic acid groups (broad SMARTS) is 1. The normalized spacial score (nSPS) is 19.5. The van der Waals surface area contributed by atoms with Gasteiger partial charge in [0.15, 0.2) is 21.3 Å². The van der Waals surface area contributed by atoms with Crippen molar-refractivity contribution < 1.29 is 36.2 Å². The Labute approximate surface area is 151 Å². The summed E-state index contributed by atoms with van der Waals surface area (Å²) in [6.45, 7) is 0. The number of nitrogens with one attached hydrogen (secondary N) is 1. The van der Waals surface area contributed by atoms with E-state index in [1.807, 2.05) is 0 Å². The molecule has 1 heterocycles. The quantitative estimate of drug-likeness (QED) is 0.617. The van der Waals surface area contributed by atoms with Gasteiger partial charge in [-0.1, -0.05) is 0 Å². The van der Waals surface area contributed by atoms with Crippen LogP contribution in [0.25, 0.3) is 6.08 Å². The Kier molecular flexibility index (Phi) is 5.94. The van der Waals surface area contributed by atoms with Crippen molar-refractivity contribution in [2.45, 2.75) is 17.4 Å². The number of aliphatic carboxylic acids is 1. The van der Waals surface area contributed by atoms with Gasteiger partial charge in [0.25, 0.3) is 0 Å². The average molecular weight is 405 g/mol. The van der Waals surface area contributed by atoms with Crippen LogP contribution in [0.1, 0.15) is 12.0 Å². The van der Waals surface area contributed by atoms with Gasteiger partial charge in [0.1, 0.15) is 4.90 Å². The summed E-state index contributed by atoms with van der Waals surface area (Å²) in [6.07, 6.45) is 2.25. The molecule has 0 amide bonds. The monoisotopic (exact) mass is 405 g/mol. The number of benzene rings is 1. The second-order valence-corrected chi connectivity index (χ2v) is 9.56. The third-order valence-electron chi connectivity index (χ3n) is 3.73. The molecule has 1 fully saturated rings. The summed E-state index contributed by atoms with van der Waals surface area (Å²) in [6, 6.07) is 1.92. The van der Waals surface area contributed by atoms with E-state index in [1.165, 1.54) is 32.4 Å². The molecule has 11 heteroatoms. The molecule has 0 saturated carbocycles. The van der Waals surface area contributed by atoms with Gasteiger partial charge in [0.2, 0.25) is 10.0 Å². The fourth-order valence-corrected chi connectivity index (χ4v) is 5.85. The smallest absolute Gasteiger partial charge is 0.328 e. The van der Waals surface area contributed by atoms with Crippen LogP contribution in [0.2, 0.25) is 0 Å². The summed E-state index contributed by atoms with van der Waals surface area (Å²) in [5, 5.41) is 8.74. The van der Waals surface area contributed by atoms with Crippen LogP contribution in [0.4, 0.5) is 0 Å². The Bertz CT molecular complexity index is 935. The molecule has 1 saturated heterocycles. The Hall–Kier alpha value is -2.11. The number of rotatable bonds is 7. The molecule has 2 N–H and O–H groups in total.